The SMILES string of the molecule is CCCC=C1OC(=O)C2=C1CCC1C3CCC4(C(=CCCC)OC(=O)C4=C3C(CN3C(=O)C=CC3=O)C3=CCNC(N)=C3)C21. The molecule has 0 radical (unpaired) electrons. The molecular formula is C35H39N3O6. The van der Waals surface area contributed by atoms with Crippen molar-refractivity contribution in [2.24, 2.45) is 34.8 Å². The summed E-state index contributed by atoms with van der Waals surface area (Å²) in [5.74, 6) is -0.242. The molecule has 44 heavy (non-hydrogen) atoms. The van der Waals surface area contributed by atoms with Crippen LogP contribution in [0.1, 0.15) is 65.2 Å². The van der Waals surface area contributed by atoms with Crippen LogP contribution in [0.25, 0.3) is 0 Å². The number of nitrogens with zero attached hydrogens (tertiary/aromatic N) is 1. The molecule has 4 heterocycles. The van der Waals surface area contributed by atoms with Gasteiger partial charge in [0.2, 0.25) is 0 Å². The number of amides is 2. The molecule has 1 spiro atoms. The van der Waals surface area contributed by atoms with E-state index < -0.39 is 11.3 Å². The number of dihydropyridines is 1. The molecule has 0 aromatic carbocycles. The molecule has 0 aromatic rings. The van der Waals surface area contributed by atoms with Crippen LogP contribution in [-0.4, -0.2) is 41.7 Å². The molecule has 2 fully saturated rings. The van der Waals surface area contributed by atoms with Crippen LogP contribution < -0.4 is 11.1 Å². The van der Waals surface area contributed by atoms with E-state index in [1.807, 2.05) is 24.3 Å². The summed E-state index contributed by atoms with van der Waals surface area (Å²) in [6.45, 7) is 4.79. The first-order valence-electron chi connectivity index (χ1n) is 16.1. The third kappa shape index (κ3) is 4.11. The third-order valence-corrected chi connectivity index (χ3v) is 10.6. The van der Waals surface area contributed by atoms with Crippen molar-refractivity contribution in [2.75, 3.05) is 13.1 Å². The topological polar surface area (TPSA) is 128 Å². The Kier molecular flexibility index (Phi) is 7.02. The lowest BCUT2D eigenvalue weighted by Gasteiger charge is -2.57. The van der Waals surface area contributed by atoms with Crippen molar-refractivity contribution in [3.63, 3.8) is 0 Å². The van der Waals surface area contributed by atoms with Crippen molar-refractivity contribution in [1.29, 1.82) is 0 Å². The standard InChI is InChI=1S/C35H39N3O6/c1-3-5-7-24-22-10-9-21-20-13-15-35(31(21)30(22)33(41)43-24)25(8-6-4-2)44-34(42)32(35)29(20)23(19-14-16-37-26(36)17-19)18-38-27(39)11-12-28(38)40/h7-8,11-12,14,17,20-21,23,31,37H,3-6,9-10,13,15-16,18,36H2,1-2H3. The molecule has 2 amide bonds. The number of cyclic esters (lactones) is 2. The molecule has 1 saturated carbocycles. The highest BCUT2D eigenvalue weighted by Crippen LogP contribution is 2.71. The van der Waals surface area contributed by atoms with Crippen molar-refractivity contribution in [3.8, 4) is 0 Å². The summed E-state index contributed by atoms with van der Waals surface area (Å²) in [6, 6.07) is 0. The van der Waals surface area contributed by atoms with Gasteiger partial charge in [0.05, 0.1) is 16.8 Å². The number of hydrogen-bond donors (Lipinski definition) is 2. The van der Waals surface area contributed by atoms with E-state index in [1.165, 1.54) is 17.1 Å². The van der Waals surface area contributed by atoms with E-state index in [-0.39, 0.29) is 48.1 Å². The van der Waals surface area contributed by atoms with Crippen LogP contribution in [0.5, 0.6) is 0 Å². The molecule has 1 saturated heterocycles. The largest absolute Gasteiger partial charge is 0.427 e. The van der Waals surface area contributed by atoms with E-state index in [0.29, 0.717) is 41.5 Å². The maximum Gasteiger partial charge on any atom is 0.340 e. The Balaban J connectivity index is 1.45. The highest BCUT2D eigenvalue weighted by atomic mass is 16.5. The Morgan fingerprint density at radius 3 is 2.52 bits per heavy atom. The lowest BCUT2D eigenvalue weighted by molar-refractivity contribution is -0.138. The van der Waals surface area contributed by atoms with Crippen LogP contribution in [0, 0.1) is 29.1 Å². The number of unbranched alkanes of at least 4 members (excludes halogenated alkanes) is 2. The predicted octanol–water partition coefficient (Wildman–Crippen LogP) is 4.37. The second-order valence-corrected chi connectivity index (χ2v) is 12.9. The Morgan fingerprint density at radius 1 is 1.05 bits per heavy atom. The van der Waals surface area contributed by atoms with Crippen LogP contribution in [-0.2, 0) is 28.7 Å². The van der Waals surface area contributed by atoms with Gasteiger partial charge in [-0.1, -0.05) is 32.8 Å². The minimum absolute atomic E-state index is 0.0309. The van der Waals surface area contributed by atoms with E-state index in [9.17, 15) is 19.2 Å². The number of esters is 2. The molecule has 5 atom stereocenters. The van der Waals surface area contributed by atoms with Gasteiger partial charge in [-0.05, 0) is 79.7 Å². The predicted molar refractivity (Wildman–Crippen MR) is 161 cm³/mol. The van der Waals surface area contributed by atoms with Crippen LogP contribution in [0.4, 0.5) is 0 Å². The maximum absolute atomic E-state index is 14.2. The lowest BCUT2D eigenvalue weighted by atomic mass is 9.43. The van der Waals surface area contributed by atoms with Gasteiger partial charge < -0.3 is 20.5 Å². The minimum Gasteiger partial charge on any atom is -0.427 e. The number of carbonyl (C=O) groups excluding carboxylic acids is 4. The zero-order valence-corrected chi connectivity index (χ0v) is 25.3. The molecule has 0 aromatic heterocycles. The fourth-order valence-corrected chi connectivity index (χ4v) is 8.95. The van der Waals surface area contributed by atoms with Crippen molar-refractivity contribution >= 4 is 23.8 Å². The lowest BCUT2D eigenvalue weighted by Crippen LogP contribution is -2.54. The molecule has 9 heteroatoms. The van der Waals surface area contributed by atoms with Gasteiger partial charge in [0, 0.05) is 48.2 Å². The highest BCUT2D eigenvalue weighted by molar-refractivity contribution is 6.13. The van der Waals surface area contributed by atoms with E-state index in [1.54, 1.807) is 0 Å². The van der Waals surface area contributed by atoms with E-state index in [2.05, 4.69) is 19.2 Å². The Labute approximate surface area is 257 Å². The van der Waals surface area contributed by atoms with Gasteiger partial charge in [0.1, 0.15) is 11.5 Å². The zero-order chi connectivity index (χ0) is 30.7. The average molecular weight is 598 g/mol. The van der Waals surface area contributed by atoms with Gasteiger partial charge in [-0.25, -0.2) is 9.59 Å². The fourth-order valence-electron chi connectivity index (χ4n) is 8.95. The van der Waals surface area contributed by atoms with Gasteiger partial charge in [0.25, 0.3) is 11.8 Å². The van der Waals surface area contributed by atoms with E-state index in [4.69, 9.17) is 15.2 Å². The Bertz CT molecular complexity index is 1570. The van der Waals surface area contributed by atoms with Gasteiger partial charge >= 0.3 is 11.9 Å². The average Bonchev–Trinajstić information content (AvgIpc) is 3.63. The minimum atomic E-state index is -0.806. The van der Waals surface area contributed by atoms with Crippen LogP contribution >= 0.6 is 0 Å². The molecule has 5 unspecified atom stereocenters. The molecule has 230 valence electrons. The van der Waals surface area contributed by atoms with E-state index >= 15 is 0 Å². The summed E-state index contributed by atoms with van der Waals surface area (Å²) >= 11 is 0. The normalized spacial score (nSPS) is 33.0. The van der Waals surface area contributed by atoms with Crippen LogP contribution in [0.15, 0.2) is 81.7 Å². The van der Waals surface area contributed by atoms with Gasteiger partial charge in [-0.3, -0.25) is 14.5 Å². The molecule has 4 aliphatic carbocycles. The first-order chi connectivity index (χ1) is 21.3. The summed E-state index contributed by atoms with van der Waals surface area (Å²) in [5.41, 5.74) is 9.53. The Hall–Kier alpha value is -4.14. The number of carbonyl (C=O) groups is 4. The highest BCUT2D eigenvalue weighted by Gasteiger charge is 2.69. The van der Waals surface area contributed by atoms with Gasteiger partial charge in [-0.2, -0.15) is 0 Å². The van der Waals surface area contributed by atoms with Crippen molar-refractivity contribution < 1.29 is 28.7 Å². The van der Waals surface area contributed by atoms with E-state index in [0.717, 1.165) is 61.7 Å². The smallest absolute Gasteiger partial charge is 0.340 e. The van der Waals surface area contributed by atoms with Crippen LogP contribution in [0.3, 0.4) is 0 Å². The first-order valence-corrected chi connectivity index (χ1v) is 16.1. The molecule has 4 aliphatic heterocycles. The molecule has 2 bridgehead atoms. The number of rotatable bonds is 8. The summed E-state index contributed by atoms with van der Waals surface area (Å²) in [6.07, 6.45) is 17.0. The Morgan fingerprint density at radius 2 is 1.80 bits per heavy atom. The summed E-state index contributed by atoms with van der Waals surface area (Å²) in [5, 5.41) is 3.12. The van der Waals surface area contributed by atoms with Crippen LogP contribution in [0.2, 0.25) is 0 Å². The number of nitrogens with two attached hydrogens (primary N) is 1. The number of allylic oxidation sites excluding steroid dienone is 5. The second-order valence-electron chi connectivity index (χ2n) is 12.9. The molecular weight excluding hydrogens is 558 g/mol. The second kappa shape index (κ2) is 10.8. The quantitative estimate of drug-likeness (QED) is 0.312. The first kappa shape index (κ1) is 28.6. The number of nitrogens with one attached hydrogen (secondary N) is 1. The summed E-state index contributed by atoms with van der Waals surface area (Å²) in [7, 11) is 0. The van der Waals surface area contributed by atoms with Gasteiger partial charge in [0.15, 0.2) is 0 Å². The zero-order valence-electron chi connectivity index (χ0n) is 25.3. The molecule has 3 N–H and O–H groups in total. The number of ether oxygens (including phenoxy) is 2. The van der Waals surface area contributed by atoms with Crippen molar-refractivity contribution in [3.05, 3.63) is 81.7 Å². The fraction of sp³-hybridized carbons (Fsp3) is 0.486. The number of imide groups is 1. The molecule has 8 rings (SSSR count). The summed E-state index contributed by atoms with van der Waals surface area (Å²) < 4.78 is 12.1. The monoisotopic (exact) mass is 597 g/mol. The number of fused-ring (bicyclic) bond motifs is 1. The van der Waals surface area contributed by atoms with Crippen molar-refractivity contribution in [2.45, 2.75) is 65.2 Å². The molecule has 8 aliphatic rings. The molecule has 9 nitrogen and oxygen atoms in total. The van der Waals surface area contributed by atoms with Gasteiger partial charge in [-0.15, -0.1) is 0 Å². The third-order valence-electron chi connectivity index (χ3n) is 10.6. The van der Waals surface area contributed by atoms with Crippen molar-refractivity contribution in [1.82, 2.24) is 10.2 Å². The number of hydrogen-bond acceptors (Lipinski definition) is 8. The maximum atomic E-state index is 14.2. The summed E-state index contributed by atoms with van der Waals surface area (Å²) in [4.78, 5) is 54.8.